The van der Waals surface area contributed by atoms with Crippen molar-refractivity contribution in [2.24, 2.45) is 5.73 Å². The van der Waals surface area contributed by atoms with Crippen molar-refractivity contribution in [2.45, 2.75) is 13.5 Å². The van der Waals surface area contributed by atoms with Gasteiger partial charge >= 0.3 is 0 Å². The number of aryl methyl sites for hydroxylation is 1. The van der Waals surface area contributed by atoms with E-state index >= 15 is 0 Å². The second kappa shape index (κ2) is 4.99. The number of aromatic nitrogens is 2. The summed E-state index contributed by atoms with van der Waals surface area (Å²) < 4.78 is 0. The zero-order valence-corrected chi connectivity index (χ0v) is 11.5. The van der Waals surface area contributed by atoms with Crippen molar-refractivity contribution < 1.29 is 0 Å². The summed E-state index contributed by atoms with van der Waals surface area (Å²) in [5.41, 5.74) is 10.0. The van der Waals surface area contributed by atoms with Gasteiger partial charge in [0.25, 0.3) is 0 Å². The first-order chi connectivity index (χ1) is 9.28. The van der Waals surface area contributed by atoms with Gasteiger partial charge in [0, 0.05) is 17.8 Å². The average Bonchev–Trinajstić information content (AvgIpc) is 3.06. The summed E-state index contributed by atoms with van der Waals surface area (Å²) in [6.45, 7) is 2.62. The van der Waals surface area contributed by atoms with Crippen molar-refractivity contribution in [3.05, 3.63) is 53.0 Å². The van der Waals surface area contributed by atoms with Gasteiger partial charge in [-0.15, -0.1) is 11.3 Å². The molecule has 96 valence electrons. The number of thiophene rings is 1. The van der Waals surface area contributed by atoms with Crippen LogP contribution in [-0.4, -0.2) is 9.97 Å². The Bertz CT molecular complexity index is 682. The van der Waals surface area contributed by atoms with Crippen LogP contribution in [0, 0.1) is 6.92 Å². The van der Waals surface area contributed by atoms with Crippen LogP contribution < -0.4 is 5.73 Å². The fourth-order valence-electron chi connectivity index (χ4n) is 2.06. The van der Waals surface area contributed by atoms with E-state index in [0.29, 0.717) is 6.54 Å². The van der Waals surface area contributed by atoms with Gasteiger partial charge in [-0.25, -0.2) is 4.98 Å². The first-order valence-corrected chi connectivity index (χ1v) is 7.06. The quantitative estimate of drug-likeness (QED) is 0.763. The summed E-state index contributed by atoms with van der Waals surface area (Å²) >= 11 is 1.67. The Morgan fingerprint density at radius 3 is 2.74 bits per heavy atom. The predicted molar refractivity (Wildman–Crippen MR) is 80.0 cm³/mol. The number of nitrogens with two attached hydrogens (primary N) is 1. The number of rotatable bonds is 3. The van der Waals surface area contributed by atoms with Gasteiger partial charge in [-0.1, -0.05) is 30.3 Å². The summed E-state index contributed by atoms with van der Waals surface area (Å²) in [6, 6.07) is 12.3. The zero-order chi connectivity index (χ0) is 13.2. The summed E-state index contributed by atoms with van der Waals surface area (Å²) in [4.78, 5) is 9.20. The van der Waals surface area contributed by atoms with Crippen LogP contribution in [0.2, 0.25) is 0 Å². The minimum absolute atomic E-state index is 0.571. The number of benzene rings is 1. The lowest BCUT2D eigenvalue weighted by molar-refractivity contribution is 1.08. The third-order valence-corrected chi connectivity index (χ3v) is 4.04. The van der Waals surface area contributed by atoms with Crippen LogP contribution in [0.25, 0.3) is 22.0 Å². The van der Waals surface area contributed by atoms with Gasteiger partial charge < -0.3 is 10.7 Å². The second-order valence-corrected chi connectivity index (χ2v) is 5.36. The van der Waals surface area contributed by atoms with Crippen LogP contribution in [0.15, 0.2) is 41.8 Å². The Morgan fingerprint density at radius 1 is 1.26 bits per heavy atom. The molecular weight excluding hydrogens is 254 g/mol. The van der Waals surface area contributed by atoms with Crippen molar-refractivity contribution in [3.63, 3.8) is 0 Å². The number of H-pyrrole nitrogens is 1. The molecule has 0 radical (unpaired) electrons. The van der Waals surface area contributed by atoms with Crippen LogP contribution in [0.4, 0.5) is 0 Å². The van der Waals surface area contributed by atoms with Crippen LogP contribution in [0.3, 0.4) is 0 Å². The molecule has 1 aromatic carbocycles. The van der Waals surface area contributed by atoms with Gasteiger partial charge in [-0.2, -0.15) is 0 Å². The van der Waals surface area contributed by atoms with Crippen molar-refractivity contribution in [2.75, 3.05) is 0 Å². The first-order valence-electron chi connectivity index (χ1n) is 6.18. The van der Waals surface area contributed by atoms with E-state index in [0.717, 1.165) is 33.2 Å². The maximum atomic E-state index is 5.64. The molecule has 0 aliphatic heterocycles. The SMILES string of the molecule is Cc1[nH]c(-c2cc(CN)cs2)nc1-c1ccccc1. The lowest BCUT2D eigenvalue weighted by Crippen LogP contribution is -1.92. The van der Waals surface area contributed by atoms with Gasteiger partial charge in [0.1, 0.15) is 5.82 Å². The number of aromatic amines is 1. The van der Waals surface area contributed by atoms with Crippen molar-refractivity contribution in [3.8, 4) is 22.0 Å². The molecule has 0 saturated carbocycles. The van der Waals surface area contributed by atoms with Crippen LogP contribution in [-0.2, 0) is 6.54 Å². The van der Waals surface area contributed by atoms with Crippen molar-refractivity contribution in [1.29, 1.82) is 0 Å². The molecule has 0 unspecified atom stereocenters. The van der Waals surface area contributed by atoms with E-state index in [1.54, 1.807) is 11.3 Å². The number of hydrogen-bond donors (Lipinski definition) is 2. The summed E-state index contributed by atoms with van der Waals surface area (Å²) in [7, 11) is 0. The molecule has 0 bridgehead atoms. The highest BCUT2D eigenvalue weighted by molar-refractivity contribution is 7.13. The molecule has 2 heterocycles. The number of hydrogen-bond acceptors (Lipinski definition) is 3. The molecule has 0 aliphatic carbocycles. The molecule has 0 amide bonds. The standard InChI is InChI=1S/C15H15N3S/c1-10-14(12-5-3-2-4-6-12)18-15(17-10)13-7-11(8-16)9-19-13/h2-7,9H,8,16H2,1H3,(H,17,18). The third-order valence-electron chi connectivity index (χ3n) is 3.05. The smallest absolute Gasteiger partial charge is 0.148 e. The van der Waals surface area contributed by atoms with Crippen molar-refractivity contribution >= 4 is 11.3 Å². The summed E-state index contributed by atoms with van der Waals surface area (Å²) in [5.74, 6) is 0.918. The van der Waals surface area contributed by atoms with E-state index in [1.807, 2.05) is 18.2 Å². The molecule has 0 saturated heterocycles. The Labute approximate surface area is 116 Å². The molecule has 3 aromatic rings. The minimum Gasteiger partial charge on any atom is -0.341 e. The van der Waals surface area contributed by atoms with Crippen LogP contribution >= 0.6 is 11.3 Å². The van der Waals surface area contributed by atoms with E-state index in [2.05, 4.69) is 35.5 Å². The lowest BCUT2D eigenvalue weighted by atomic mass is 10.1. The maximum Gasteiger partial charge on any atom is 0.148 e. The minimum atomic E-state index is 0.571. The Morgan fingerprint density at radius 2 is 2.05 bits per heavy atom. The molecule has 3 rings (SSSR count). The van der Waals surface area contributed by atoms with E-state index in [4.69, 9.17) is 10.7 Å². The molecule has 3 N–H and O–H groups in total. The van der Waals surface area contributed by atoms with Gasteiger partial charge in [0.2, 0.25) is 0 Å². The summed E-state index contributed by atoms with van der Waals surface area (Å²) in [5, 5.41) is 2.08. The zero-order valence-electron chi connectivity index (χ0n) is 10.7. The van der Waals surface area contributed by atoms with Crippen molar-refractivity contribution in [1.82, 2.24) is 9.97 Å². The number of imidazole rings is 1. The molecule has 0 atom stereocenters. The molecule has 0 spiro atoms. The van der Waals surface area contributed by atoms with Gasteiger partial charge in [0.05, 0.1) is 10.6 Å². The molecule has 0 fully saturated rings. The largest absolute Gasteiger partial charge is 0.341 e. The molecule has 4 heteroatoms. The normalized spacial score (nSPS) is 10.8. The second-order valence-electron chi connectivity index (χ2n) is 4.45. The summed E-state index contributed by atoms with van der Waals surface area (Å²) in [6.07, 6.45) is 0. The predicted octanol–water partition coefficient (Wildman–Crippen LogP) is 3.57. The van der Waals surface area contributed by atoms with Gasteiger partial charge in [-0.3, -0.25) is 0 Å². The topological polar surface area (TPSA) is 54.7 Å². The van der Waals surface area contributed by atoms with Gasteiger partial charge in [0.15, 0.2) is 0 Å². The Balaban J connectivity index is 2.02. The first kappa shape index (κ1) is 12.1. The van der Waals surface area contributed by atoms with E-state index in [9.17, 15) is 0 Å². The fourth-order valence-corrected chi connectivity index (χ4v) is 2.93. The highest BCUT2D eigenvalue weighted by Crippen LogP contribution is 2.29. The highest BCUT2D eigenvalue weighted by Gasteiger charge is 2.11. The average molecular weight is 269 g/mol. The van der Waals surface area contributed by atoms with E-state index in [1.165, 1.54) is 0 Å². The third kappa shape index (κ3) is 2.32. The van der Waals surface area contributed by atoms with Crippen LogP contribution in [0.5, 0.6) is 0 Å². The Kier molecular flexibility index (Phi) is 3.19. The maximum absolute atomic E-state index is 5.64. The fraction of sp³-hybridized carbons (Fsp3) is 0.133. The molecular formula is C15H15N3S. The molecule has 3 nitrogen and oxygen atoms in total. The van der Waals surface area contributed by atoms with E-state index in [-0.39, 0.29) is 0 Å². The highest BCUT2D eigenvalue weighted by atomic mass is 32.1. The Hall–Kier alpha value is -1.91. The lowest BCUT2D eigenvalue weighted by Gasteiger charge is -1.96. The molecule has 0 aliphatic rings. The van der Waals surface area contributed by atoms with E-state index < -0.39 is 0 Å². The van der Waals surface area contributed by atoms with Gasteiger partial charge in [-0.05, 0) is 23.9 Å². The molecule has 2 aromatic heterocycles. The number of nitrogens with zero attached hydrogens (tertiary/aromatic N) is 1. The monoisotopic (exact) mass is 269 g/mol. The molecule has 19 heavy (non-hydrogen) atoms. The van der Waals surface area contributed by atoms with Crippen LogP contribution in [0.1, 0.15) is 11.3 Å². The number of nitrogens with one attached hydrogen (secondary N) is 1.